The number of nitrogens with zero attached hydrogens (tertiary/aromatic N) is 2. The summed E-state index contributed by atoms with van der Waals surface area (Å²) in [6.45, 7) is 0. The van der Waals surface area contributed by atoms with Gasteiger partial charge in [0.2, 0.25) is 5.75 Å². The Morgan fingerprint density at radius 1 is 0.893 bits per heavy atom. The SMILES string of the molecule is COc1cc(-c2cc(-c3cccs3)c(C#N)c(N)c2C#N)cc(OC)c1OC. The van der Waals surface area contributed by atoms with Crippen LogP contribution >= 0.6 is 11.3 Å². The molecule has 0 saturated heterocycles. The summed E-state index contributed by atoms with van der Waals surface area (Å²) in [6.07, 6.45) is 0. The molecular formula is C21H17N3O3S. The van der Waals surface area contributed by atoms with E-state index in [0.29, 0.717) is 33.9 Å². The van der Waals surface area contributed by atoms with E-state index in [1.165, 1.54) is 32.7 Å². The number of nitrogens with two attached hydrogens (primary N) is 1. The standard InChI is InChI=1S/C21H17N3O3S/c1-25-17-7-12(8-18(26-2)21(17)27-3)13-9-14(19-5-4-6-28-19)16(11-23)20(24)15(13)10-22/h4-9H,24H2,1-3H3. The summed E-state index contributed by atoms with van der Waals surface area (Å²) >= 11 is 1.49. The van der Waals surface area contributed by atoms with Crippen molar-refractivity contribution in [1.82, 2.24) is 0 Å². The van der Waals surface area contributed by atoms with Crippen LogP contribution in [0.15, 0.2) is 35.7 Å². The minimum absolute atomic E-state index is 0.152. The summed E-state index contributed by atoms with van der Waals surface area (Å²) in [5, 5.41) is 21.3. The van der Waals surface area contributed by atoms with Crippen LogP contribution in [0, 0.1) is 22.7 Å². The van der Waals surface area contributed by atoms with Gasteiger partial charge in [-0.05, 0) is 35.2 Å². The molecule has 0 fully saturated rings. The molecule has 1 heterocycles. The van der Waals surface area contributed by atoms with E-state index >= 15 is 0 Å². The molecule has 0 saturated carbocycles. The first-order valence-electron chi connectivity index (χ1n) is 8.20. The lowest BCUT2D eigenvalue weighted by Crippen LogP contribution is -2.01. The van der Waals surface area contributed by atoms with E-state index in [0.717, 1.165) is 4.88 Å². The summed E-state index contributed by atoms with van der Waals surface area (Å²) in [5.41, 5.74) is 8.82. The fourth-order valence-corrected chi connectivity index (χ4v) is 3.78. The van der Waals surface area contributed by atoms with Gasteiger partial charge in [-0.1, -0.05) is 6.07 Å². The summed E-state index contributed by atoms with van der Waals surface area (Å²) in [7, 11) is 4.57. The number of hydrogen-bond donors (Lipinski definition) is 1. The zero-order chi connectivity index (χ0) is 20.3. The third-order valence-electron chi connectivity index (χ3n) is 4.35. The van der Waals surface area contributed by atoms with E-state index in [4.69, 9.17) is 19.9 Å². The van der Waals surface area contributed by atoms with E-state index in [1.54, 1.807) is 18.2 Å². The Bertz CT molecular complexity index is 1080. The zero-order valence-electron chi connectivity index (χ0n) is 15.6. The summed E-state index contributed by atoms with van der Waals surface area (Å²) in [6, 6.07) is 13.4. The van der Waals surface area contributed by atoms with Gasteiger partial charge in [0.25, 0.3) is 0 Å². The van der Waals surface area contributed by atoms with Crippen molar-refractivity contribution in [2.75, 3.05) is 27.1 Å². The summed E-state index contributed by atoms with van der Waals surface area (Å²) in [5.74, 6) is 1.37. The number of nitrogen functional groups attached to an aromatic ring is 1. The molecule has 6 nitrogen and oxygen atoms in total. The van der Waals surface area contributed by atoms with Crippen molar-refractivity contribution in [3.8, 4) is 51.0 Å². The molecule has 2 aromatic carbocycles. The molecule has 0 radical (unpaired) electrons. The highest BCUT2D eigenvalue weighted by atomic mass is 32.1. The van der Waals surface area contributed by atoms with Crippen molar-refractivity contribution < 1.29 is 14.2 Å². The number of hydrogen-bond acceptors (Lipinski definition) is 7. The van der Waals surface area contributed by atoms with Gasteiger partial charge in [-0.15, -0.1) is 11.3 Å². The quantitative estimate of drug-likeness (QED) is 0.646. The highest BCUT2D eigenvalue weighted by molar-refractivity contribution is 7.13. The maximum Gasteiger partial charge on any atom is 0.203 e. The molecule has 0 atom stereocenters. The number of methoxy groups -OCH3 is 3. The second kappa shape index (κ2) is 7.91. The first-order chi connectivity index (χ1) is 13.6. The number of rotatable bonds is 5. The molecule has 3 rings (SSSR count). The number of ether oxygens (including phenoxy) is 3. The fourth-order valence-electron chi connectivity index (χ4n) is 3.04. The van der Waals surface area contributed by atoms with Crippen molar-refractivity contribution in [2.24, 2.45) is 0 Å². The molecule has 28 heavy (non-hydrogen) atoms. The third kappa shape index (κ3) is 3.09. The topological polar surface area (TPSA) is 101 Å². The van der Waals surface area contributed by atoms with E-state index in [1.807, 2.05) is 17.5 Å². The fraction of sp³-hybridized carbons (Fsp3) is 0.143. The number of nitriles is 2. The van der Waals surface area contributed by atoms with Gasteiger partial charge in [-0.25, -0.2) is 0 Å². The second-order valence-corrected chi connectivity index (χ2v) is 6.70. The van der Waals surface area contributed by atoms with E-state index in [-0.39, 0.29) is 16.8 Å². The van der Waals surface area contributed by atoms with Crippen LogP contribution in [0.5, 0.6) is 17.2 Å². The van der Waals surface area contributed by atoms with Gasteiger partial charge in [0.05, 0.1) is 38.1 Å². The normalized spacial score (nSPS) is 10.0. The van der Waals surface area contributed by atoms with Gasteiger partial charge in [-0.3, -0.25) is 0 Å². The van der Waals surface area contributed by atoms with Gasteiger partial charge in [-0.2, -0.15) is 10.5 Å². The molecule has 0 aliphatic carbocycles. The first kappa shape index (κ1) is 19.1. The number of thiophene rings is 1. The zero-order valence-corrected chi connectivity index (χ0v) is 16.4. The van der Waals surface area contributed by atoms with Crippen LogP contribution in [-0.4, -0.2) is 21.3 Å². The molecule has 3 aromatic rings. The lowest BCUT2D eigenvalue weighted by Gasteiger charge is -2.17. The van der Waals surface area contributed by atoms with Gasteiger partial charge in [0.15, 0.2) is 11.5 Å². The lowest BCUT2D eigenvalue weighted by atomic mass is 9.91. The van der Waals surface area contributed by atoms with Crippen LogP contribution in [0.25, 0.3) is 21.6 Å². The molecular weight excluding hydrogens is 374 g/mol. The maximum absolute atomic E-state index is 9.73. The minimum Gasteiger partial charge on any atom is -0.493 e. The summed E-state index contributed by atoms with van der Waals surface area (Å²) < 4.78 is 16.2. The van der Waals surface area contributed by atoms with Gasteiger partial charge in [0.1, 0.15) is 12.1 Å². The highest BCUT2D eigenvalue weighted by Crippen LogP contribution is 2.44. The van der Waals surface area contributed by atoms with Crippen LogP contribution in [0.1, 0.15) is 11.1 Å². The van der Waals surface area contributed by atoms with Crippen molar-refractivity contribution >= 4 is 17.0 Å². The minimum atomic E-state index is 0.152. The van der Waals surface area contributed by atoms with Crippen molar-refractivity contribution in [2.45, 2.75) is 0 Å². The van der Waals surface area contributed by atoms with E-state index in [2.05, 4.69) is 12.1 Å². The van der Waals surface area contributed by atoms with Crippen LogP contribution in [0.3, 0.4) is 0 Å². The average Bonchev–Trinajstić information content (AvgIpc) is 3.26. The molecule has 0 spiro atoms. The molecule has 0 aliphatic heterocycles. The Kier molecular flexibility index (Phi) is 5.39. The molecule has 0 amide bonds. The molecule has 0 aliphatic rings. The largest absolute Gasteiger partial charge is 0.493 e. The molecule has 0 bridgehead atoms. The van der Waals surface area contributed by atoms with E-state index < -0.39 is 0 Å². The van der Waals surface area contributed by atoms with E-state index in [9.17, 15) is 10.5 Å². The predicted molar refractivity (Wildman–Crippen MR) is 109 cm³/mol. The van der Waals surface area contributed by atoms with Crippen LogP contribution in [-0.2, 0) is 0 Å². The molecule has 0 unspecified atom stereocenters. The second-order valence-electron chi connectivity index (χ2n) is 5.75. The highest BCUT2D eigenvalue weighted by Gasteiger charge is 2.21. The van der Waals surface area contributed by atoms with Crippen LogP contribution in [0.2, 0.25) is 0 Å². The predicted octanol–water partition coefficient (Wildman–Crippen LogP) is 4.43. The van der Waals surface area contributed by atoms with Crippen molar-refractivity contribution in [3.05, 3.63) is 46.8 Å². The van der Waals surface area contributed by atoms with Gasteiger partial charge < -0.3 is 19.9 Å². The first-order valence-corrected chi connectivity index (χ1v) is 9.08. The molecule has 1 aromatic heterocycles. The monoisotopic (exact) mass is 391 g/mol. The van der Waals surface area contributed by atoms with Gasteiger partial charge >= 0.3 is 0 Å². The lowest BCUT2D eigenvalue weighted by molar-refractivity contribution is 0.324. The molecule has 140 valence electrons. The molecule has 2 N–H and O–H groups in total. The Labute approximate surface area is 166 Å². The van der Waals surface area contributed by atoms with Crippen molar-refractivity contribution in [3.63, 3.8) is 0 Å². The van der Waals surface area contributed by atoms with Gasteiger partial charge in [0, 0.05) is 16.0 Å². The Morgan fingerprint density at radius 2 is 1.50 bits per heavy atom. The number of anilines is 1. The Hall–Kier alpha value is -3.68. The number of benzene rings is 2. The van der Waals surface area contributed by atoms with Crippen LogP contribution < -0.4 is 19.9 Å². The smallest absolute Gasteiger partial charge is 0.203 e. The Balaban J connectivity index is 2.37. The Morgan fingerprint density at radius 3 is 1.96 bits per heavy atom. The summed E-state index contributed by atoms with van der Waals surface area (Å²) in [4.78, 5) is 0.890. The molecule has 7 heteroatoms. The average molecular weight is 391 g/mol. The van der Waals surface area contributed by atoms with Crippen LogP contribution in [0.4, 0.5) is 5.69 Å². The maximum atomic E-state index is 9.73. The van der Waals surface area contributed by atoms with Crippen molar-refractivity contribution in [1.29, 1.82) is 10.5 Å². The third-order valence-corrected chi connectivity index (χ3v) is 5.26.